The highest BCUT2D eigenvalue weighted by Crippen LogP contribution is 2.16. The predicted octanol–water partition coefficient (Wildman–Crippen LogP) is 2.66. The van der Waals surface area contributed by atoms with Crippen molar-refractivity contribution >= 4 is 11.9 Å². The van der Waals surface area contributed by atoms with Crippen LogP contribution in [0.1, 0.15) is 34.3 Å². The van der Waals surface area contributed by atoms with Crippen LogP contribution in [-0.2, 0) is 22.4 Å². The van der Waals surface area contributed by atoms with Crippen molar-refractivity contribution in [3.05, 3.63) is 46.8 Å². The van der Waals surface area contributed by atoms with Gasteiger partial charge in [0, 0.05) is 6.54 Å². The minimum absolute atomic E-state index is 0.0696. The summed E-state index contributed by atoms with van der Waals surface area (Å²) in [5.41, 5.74) is 1.56. The molecule has 1 N–H and O–H groups in total. The fraction of sp³-hybridized carbons (Fsp3) is 0.389. The van der Waals surface area contributed by atoms with E-state index in [-0.39, 0.29) is 11.3 Å². The van der Waals surface area contributed by atoms with Crippen molar-refractivity contribution in [3.63, 3.8) is 0 Å². The molecule has 0 aliphatic rings. The Morgan fingerprint density at radius 3 is 2.59 bits per heavy atom. The highest BCUT2D eigenvalue weighted by molar-refractivity contribution is 5.93. The number of aromatic nitrogens is 1. The molecule has 0 unspecified atom stereocenters. The third-order valence-electron chi connectivity index (χ3n) is 3.69. The lowest BCUT2D eigenvalue weighted by atomic mass is 10.1. The van der Waals surface area contributed by atoms with Gasteiger partial charge in [-0.3, -0.25) is 4.79 Å². The molecule has 2 rings (SSSR count). The van der Waals surface area contributed by atoms with Crippen molar-refractivity contribution in [1.29, 1.82) is 0 Å². The number of rotatable bonds is 9. The summed E-state index contributed by atoms with van der Waals surface area (Å²) >= 11 is 0. The second kappa shape index (κ2) is 9.65. The molecule has 146 valence electrons. The second-order valence-corrected chi connectivity index (χ2v) is 5.61. The van der Waals surface area contributed by atoms with E-state index < -0.39 is 25.1 Å². The summed E-state index contributed by atoms with van der Waals surface area (Å²) in [6.45, 7) is 0.437. The van der Waals surface area contributed by atoms with E-state index in [0.29, 0.717) is 30.8 Å². The largest absolute Gasteiger partial charge is 0.452 e. The number of halogens is 2. The maximum absolute atomic E-state index is 12.1. The van der Waals surface area contributed by atoms with Gasteiger partial charge in [0.05, 0.1) is 5.69 Å². The van der Waals surface area contributed by atoms with E-state index in [2.05, 4.69) is 15.2 Å². The topological polar surface area (TPSA) is 90.7 Å². The maximum Gasteiger partial charge on any atom is 0.387 e. The maximum atomic E-state index is 12.1. The standard InChI is InChI=1S/C18H20F2N2O5/c1-3-14-16(11(2)27-22-14)17(24)25-10-15(23)21-9-8-12-4-6-13(7-5-12)26-18(19)20/h4-7,18H,3,8-10H2,1-2H3,(H,21,23). The quantitative estimate of drug-likeness (QED) is 0.671. The van der Waals surface area contributed by atoms with Gasteiger partial charge in [0.1, 0.15) is 17.1 Å². The number of carbonyl (C=O) groups is 2. The Morgan fingerprint density at radius 2 is 1.96 bits per heavy atom. The van der Waals surface area contributed by atoms with Crippen LogP contribution in [0, 0.1) is 6.92 Å². The van der Waals surface area contributed by atoms with Crippen LogP contribution < -0.4 is 10.1 Å². The molecular weight excluding hydrogens is 362 g/mol. The normalized spacial score (nSPS) is 10.7. The zero-order valence-electron chi connectivity index (χ0n) is 15.0. The minimum atomic E-state index is -2.87. The molecule has 0 saturated heterocycles. The Balaban J connectivity index is 1.73. The third kappa shape index (κ3) is 6.05. The van der Waals surface area contributed by atoms with Gasteiger partial charge in [0.2, 0.25) is 0 Å². The first kappa shape index (κ1) is 20.3. The molecule has 0 fully saturated rings. The molecule has 9 heteroatoms. The molecule has 0 atom stereocenters. The van der Waals surface area contributed by atoms with Gasteiger partial charge in [0.25, 0.3) is 5.91 Å². The second-order valence-electron chi connectivity index (χ2n) is 5.61. The van der Waals surface area contributed by atoms with Gasteiger partial charge in [-0.25, -0.2) is 4.79 Å². The number of ether oxygens (including phenoxy) is 2. The summed E-state index contributed by atoms with van der Waals surface area (Å²) in [5.74, 6) is -0.694. The van der Waals surface area contributed by atoms with Gasteiger partial charge in [-0.15, -0.1) is 0 Å². The van der Waals surface area contributed by atoms with Crippen LogP contribution in [-0.4, -0.2) is 36.8 Å². The van der Waals surface area contributed by atoms with Gasteiger partial charge in [-0.2, -0.15) is 8.78 Å². The monoisotopic (exact) mass is 382 g/mol. The SMILES string of the molecule is CCc1noc(C)c1C(=O)OCC(=O)NCCc1ccc(OC(F)F)cc1. The summed E-state index contributed by atoms with van der Waals surface area (Å²) in [7, 11) is 0. The summed E-state index contributed by atoms with van der Waals surface area (Å²) in [5, 5.41) is 6.38. The van der Waals surface area contributed by atoms with Crippen molar-refractivity contribution in [2.24, 2.45) is 0 Å². The molecular formula is C18H20F2N2O5. The van der Waals surface area contributed by atoms with Crippen LogP contribution in [0.25, 0.3) is 0 Å². The highest BCUT2D eigenvalue weighted by Gasteiger charge is 2.21. The van der Waals surface area contributed by atoms with Crippen molar-refractivity contribution in [2.75, 3.05) is 13.2 Å². The Hall–Kier alpha value is -2.97. The molecule has 0 bridgehead atoms. The van der Waals surface area contributed by atoms with Gasteiger partial charge in [0.15, 0.2) is 6.61 Å². The molecule has 1 aromatic carbocycles. The molecule has 0 aliphatic heterocycles. The summed E-state index contributed by atoms with van der Waals surface area (Å²) in [6, 6.07) is 6.12. The van der Waals surface area contributed by atoms with Crippen LogP contribution in [0.3, 0.4) is 0 Å². The summed E-state index contributed by atoms with van der Waals surface area (Å²) in [4.78, 5) is 23.8. The fourth-order valence-corrected chi connectivity index (χ4v) is 2.36. The number of nitrogens with one attached hydrogen (secondary N) is 1. The average molecular weight is 382 g/mol. The van der Waals surface area contributed by atoms with E-state index in [0.717, 1.165) is 5.56 Å². The summed E-state index contributed by atoms with van der Waals surface area (Å²) < 4.78 is 38.4. The van der Waals surface area contributed by atoms with Gasteiger partial charge in [-0.05, 0) is 37.5 Å². The van der Waals surface area contributed by atoms with Crippen molar-refractivity contribution in [1.82, 2.24) is 10.5 Å². The summed E-state index contributed by atoms with van der Waals surface area (Å²) in [6.07, 6.45) is 0.995. The van der Waals surface area contributed by atoms with Crippen LogP contribution in [0.4, 0.5) is 8.78 Å². The Kier molecular flexibility index (Phi) is 7.27. The van der Waals surface area contributed by atoms with Gasteiger partial charge < -0.3 is 19.3 Å². The number of hydrogen-bond acceptors (Lipinski definition) is 6. The minimum Gasteiger partial charge on any atom is -0.452 e. The van der Waals surface area contributed by atoms with Gasteiger partial charge in [-0.1, -0.05) is 24.2 Å². The van der Waals surface area contributed by atoms with E-state index in [4.69, 9.17) is 9.26 Å². The molecule has 0 saturated carbocycles. The van der Waals surface area contributed by atoms with Crippen molar-refractivity contribution < 1.29 is 32.4 Å². The first-order valence-corrected chi connectivity index (χ1v) is 8.33. The number of carbonyl (C=O) groups excluding carboxylic acids is 2. The Bertz CT molecular complexity index is 775. The van der Waals surface area contributed by atoms with E-state index >= 15 is 0 Å². The Labute approximate surface area is 154 Å². The van der Waals surface area contributed by atoms with E-state index in [1.54, 1.807) is 19.1 Å². The molecule has 7 nitrogen and oxygen atoms in total. The highest BCUT2D eigenvalue weighted by atomic mass is 19.3. The zero-order chi connectivity index (χ0) is 19.8. The molecule has 1 aromatic heterocycles. The molecule has 0 aliphatic carbocycles. The molecule has 2 aromatic rings. The number of aryl methyl sites for hydroxylation is 2. The predicted molar refractivity (Wildman–Crippen MR) is 90.7 cm³/mol. The van der Waals surface area contributed by atoms with Crippen LogP contribution in [0.5, 0.6) is 5.75 Å². The van der Waals surface area contributed by atoms with E-state index in [1.165, 1.54) is 12.1 Å². The smallest absolute Gasteiger partial charge is 0.387 e. The number of hydrogen-bond donors (Lipinski definition) is 1. The van der Waals surface area contributed by atoms with E-state index in [9.17, 15) is 18.4 Å². The van der Waals surface area contributed by atoms with Crippen LogP contribution >= 0.6 is 0 Å². The van der Waals surface area contributed by atoms with Crippen molar-refractivity contribution in [3.8, 4) is 5.75 Å². The van der Waals surface area contributed by atoms with E-state index in [1.807, 2.05) is 6.92 Å². The molecule has 1 amide bonds. The lowest BCUT2D eigenvalue weighted by Crippen LogP contribution is -2.30. The molecule has 1 heterocycles. The average Bonchev–Trinajstić information content (AvgIpc) is 3.01. The first-order chi connectivity index (χ1) is 12.9. The van der Waals surface area contributed by atoms with Gasteiger partial charge >= 0.3 is 12.6 Å². The molecule has 27 heavy (non-hydrogen) atoms. The number of esters is 1. The zero-order valence-corrected chi connectivity index (χ0v) is 15.0. The lowest BCUT2D eigenvalue weighted by Gasteiger charge is -2.08. The number of alkyl halides is 2. The van der Waals surface area contributed by atoms with Crippen LogP contribution in [0.2, 0.25) is 0 Å². The number of nitrogens with zero attached hydrogens (tertiary/aromatic N) is 1. The lowest BCUT2D eigenvalue weighted by molar-refractivity contribution is -0.124. The number of amides is 1. The number of benzene rings is 1. The third-order valence-corrected chi connectivity index (χ3v) is 3.69. The fourth-order valence-electron chi connectivity index (χ4n) is 2.36. The first-order valence-electron chi connectivity index (χ1n) is 8.33. The Morgan fingerprint density at radius 1 is 1.26 bits per heavy atom. The molecule has 0 radical (unpaired) electrons. The van der Waals surface area contributed by atoms with Crippen molar-refractivity contribution in [2.45, 2.75) is 33.3 Å². The van der Waals surface area contributed by atoms with Crippen LogP contribution in [0.15, 0.2) is 28.8 Å². The molecule has 0 spiro atoms.